The van der Waals surface area contributed by atoms with Gasteiger partial charge in [0.05, 0.1) is 0 Å². The summed E-state index contributed by atoms with van der Waals surface area (Å²) >= 11 is 0. The van der Waals surface area contributed by atoms with Gasteiger partial charge < -0.3 is 21.9 Å². The smallest absolute Gasteiger partial charge is 0.0478 e. The molecular weight excluding hydrogens is 226 g/mol. The van der Waals surface area contributed by atoms with Crippen LogP contribution in [0.4, 0.5) is 0 Å². The monoisotopic (exact) mass is 253 g/mol. The Bertz CT molecular complexity index is 259. The first kappa shape index (κ1) is 17.1. The van der Waals surface area contributed by atoms with Crippen molar-refractivity contribution >= 4 is 0 Å². The molecule has 1 atom stereocenters. The van der Waals surface area contributed by atoms with E-state index in [2.05, 4.69) is 0 Å². The van der Waals surface area contributed by atoms with Crippen molar-refractivity contribution in [2.45, 2.75) is 25.8 Å². The molecule has 0 heterocycles. The third kappa shape index (κ3) is 10.2. The summed E-state index contributed by atoms with van der Waals surface area (Å²) in [7, 11) is 0. The van der Waals surface area contributed by atoms with E-state index >= 15 is 0 Å². The summed E-state index contributed by atoms with van der Waals surface area (Å²) in [6, 6.07) is 10.2. The van der Waals surface area contributed by atoms with Crippen LogP contribution in [0.25, 0.3) is 0 Å². The molecule has 0 aliphatic heterocycles. The lowest BCUT2D eigenvalue weighted by Crippen LogP contribution is -2.08. The van der Waals surface area contributed by atoms with Gasteiger partial charge in [0, 0.05) is 19.3 Å². The first-order valence-corrected chi connectivity index (χ1v) is 6.50. The predicted octanol–water partition coefficient (Wildman–Crippen LogP) is 1.41. The van der Waals surface area contributed by atoms with E-state index < -0.39 is 0 Å². The van der Waals surface area contributed by atoms with Crippen molar-refractivity contribution in [3.05, 3.63) is 35.9 Å². The highest BCUT2D eigenvalue weighted by Gasteiger charge is 1.93. The molecule has 0 aliphatic carbocycles. The molecule has 1 unspecified atom stereocenters. The lowest BCUT2D eigenvalue weighted by atomic mass is 10.1. The molecule has 0 amide bonds. The van der Waals surface area contributed by atoms with Gasteiger partial charge in [-0.05, 0) is 38.4 Å². The van der Waals surface area contributed by atoms with Gasteiger partial charge in [-0.1, -0.05) is 30.3 Å². The fourth-order valence-electron chi connectivity index (χ4n) is 1.23. The van der Waals surface area contributed by atoms with Crippen LogP contribution in [-0.4, -0.2) is 26.3 Å². The summed E-state index contributed by atoms with van der Waals surface area (Å²) in [5, 5.41) is 0. The Balaban J connectivity index is 0.000000321. The second kappa shape index (κ2) is 12.5. The van der Waals surface area contributed by atoms with Crippen LogP contribution < -0.4 is 17.2 Å². The Morgan fingerprint density at radius 1 is 1.00 bits per heavy atom. The zero-order chi connectivity index (χ0) is 13.6. The quantitative estimate of drug-likeness (QED) is 0.641. The van der Waals surface area contributed by atoms with Crippen LogP contribution in [0.15, 0.2) is 30.3 Å². The lowest BCUT2D eigenvalue weighted by molar-refractivity contribution is 0.132. The first-order valence-electron chi connectivity index (χ1n) is 6.50. The van der Waals surface area contributed by atoms with Crippen molar-refractivity contribution < 1.29 is 4.74 Å². The molecule has 0 bridgehead atoms. The molecule has 0 saturated carbocycles. The fourth-order valence-corrected chi connectivity index (χ4v) is 1.23. The average Bonchev–Trinajstić information content (AvgIpc) is 2.40. The summed E-state index contributed by atoms with van der Waals surface area (Å²) in [6.45, 7) is 4.95. The minimum Gasteiger partial charge on any atom is -0.381 e. The van der Waals surface area contributed by atoms with Crippen molar-refractivity contribution in [1.29, 1.82) is 0 Å². The Hall–Kier alpha value is -0.940. The van der Waals surface area contributed by atoms with Crippen molar-refractivity contribution in [3.8, 4) is 0 Å². The highest BCUT2D eigenvalue weighted by Crippen LogP contribution is 2.06. The molecule has 0 fully saturated rings. The van der Waals surface area contributed by atoms with Crippen LogP contribution in [0, 0.1) is 0 Å². The van der Waals surface area contributed by atoms with Crippen LogP contribution in [0.1, 0.15) is 31.4 Å². The minimum atomic E-state index is 0.159. The average molecular weight is 253 g/mol. The van der Waals surface area contributed by atoms with Crippen LogP contribution in [0.5, 0.6) is 0 Å². The Labute approximate surface area is 110 Å². The third-order valence-corrected chi connectivity index (χ3v) is 2.31. The van der Waals surface area contributed by atoms with Gasteiger partial charge in [0.25, 0.3) is 0 Å². The molecule has 0 radical (unpaired) electrons. The molecule has 0 aliphatic rings. The zero-order valence-electron chi connectivity index (χ0n) is 11.3. The number of rotatable bonds is 7. The lowest BCUT2D eigenvalue weighted by Gasteiger charge is -2.02. The van der Waals surface area contributed by atoms with Crippen molar-refractivity contribution in [1.82, 2.24) is 0 Å². The van der Waals surface area contributed by atoms with Crippen LogP contribution >= 0.6 is 0 Å². The molecule has 0 aromatic heterocycles. The molecule has 4 nitrogen and oxygen atoms in total. The van der Waals surface area contributed by atoms with E-state index in [1.165, 1.54) is 5.56 Å². The van der Waals surface area contributed by atoms with Gasteiger partial charge in [0.15, 0.2) is 0 Å². The van der Waals surface area contributed by atoms with Gasteiger partial charge >= 0.3 is 0 Å². The normalized spacial score (nSPS) is 11.6. The summed E-state index contributed by atoms with van der Waals surface area (Å²) in [5.74, 6) is 0. The molecule has 18 heavy (non-hydrogen) atoms. The number of nitrogens with two attached hydrogens (primary N) is 3. The maximum Gasteiger partial charge on any atom is 0.0478 e. The summed E-state index contributed by atoms with van der Waals surface area (Å²) in [6.07, 6.45) is 1.90. The zero-order valence-corrected chi connectivity index (χ0v) is 11.3. The van der Waals surface area contributed by atoms with Gasteiger partial charge in [-0.3, -0.25) is 0 Å². The van der Waals surface area contributed by atoms with E-state index in [1.54, 1.807) is 0 Å². The van der Waals surface area contributed by atoms with E-state index in [4.69, 9.17) is 21.9 Å². The van der Waals surface area contributed by atoms with Gasteiger partial charge in [-0.25, -0.2) is 0 Å². The predicted molar refractivity (Wildman–Crippen MR) is 77.2 cm³/mol. The van der Waals surface area contributed by atoms with Crippen LogP contribution in [0.3, 0.4) is 0 Å². The molecule has 104 valence electrons. The van der Waals surface area contributed by atoms with Gasteiger partial charge in [-0.15, -0.1) is 0 Å². The SMILES string of the molecule is CC(N)c1ccccc1.NCCCOCCCN. The van der Waals surface area contributed by atoms with E-state index in [0.29, 0.717) is 13.1 Å². The second-order valence-corrected chi connectivity index (χ2v) is 4.10. The van der Waals surface area contributed by atoms with Gasteiger partial charge in [0.1, 0.15) is 0 Å². The highest BCUT2D eigenvalue weighted by atomic mass is 16.5. The Morgan fingerprint density at radius 2 is 1.50 bits per heavy atom. The summed E-state index contributed by atoms with van der Waals surface area (Å²) < 4.78 is 5.15. The topological polar surface area (TPSA) is 87.3 Å². The minimum absolute atomic E-state index is 0.159. The van der Waals surface area contributed by atoms with Crippen LogP contribution in [-0.2, 0) is 4.74 Å². The largest absolute Gasteiger partial charge is 0.381 e. The molecule has 1 aromatic rings. The van der Waals surface area contributed by atoms with E-state index in [0.717, 1.165) is 26.1 Å². The number of hydrogen-bond donors (Lipinski definition) is 3. The molecule has 1 rings (SSSR count). The van der Waals surface area contributed by atoms with E-state index in [9.17, 15) is 0 Å². The highest BCUT2D eigenvalue weighted by molar-refractivity contribution is 5.17. The summed E-state index contributed by atoms with van der Waals surface area (Å²) in [5.41, 5.74) is 17.3. The Morgan fingerprint density at radius 3 is 1.83 bits per heavy atom. The molecule has 4 heteroatoms. The van der Waals surface area contributed by atoms with E-state index in [-0.39, 0.29) is 6.04 Å². The first-order chi connectivity index (χ1) is 8.72. The summed E-state index contributed by atoms with van der Waals surface area (Å²) in [4.78, 5) is 0. The fraction of sp³-hybridized carbons (Fsp3) is 0.571. The molecule has 6 N–H and O–H groups in total. The maximum absolute atomic E-state index is 5.61. The molecule has 0 spiro atoms. The number of ether oxygens (including phenoxy) is 1. The number of hydrogen-bond acceptors (Lipinski definition) is 4. The maximum atomic E-state index is 5.61. The molecule has 0 saturated heterocycles. The molecular formula is C14H27N3O. The van der Waals surface area contributed by atoms with Crippen molar-refractivity contribution in [2.24, 2.45) is 17.2 Å². The van der Waals surface area contributed by atoms with Crippen molar-refractivity contribution in [3.63, 3.8) is 0 Å². The number of benzene rings is 1. The third-order valence-electron chi connectivity index (χ3n) is 2.31. The Kier molecular flexibility index (Phi) is 11.9. The van der Waals surface area contributed by atoms with Crippen LogP contribution in [0.2, 0.25) is 0 Å². The molecule has 1 aromatic carbocycles. The van der Waals surface area contributed by atoms with Gasteiger partial charge in [0.2, 0.25) is 0 Å². The van der Waals surface area contributed by atoms with E-state index in [1.807, 2.05) is 37.3 Å². The standard InChI is InChI=1S/C8H11N.C6H16N2O/c1-7(9)8-5-3-2-4-6-8;7-3-1-5-9-6-2-4-8/h2-7H,9H2,1H3;1-8H2. The van der Waals surface area contributed by atoms with Crippen molar-refractivity contribution in [2.75, 3.05) is 26.3 Å². The van der Waals surface area contributed by atoms with Gasteiger partial charge in [-0.2, -0.15) is 0 Å². The second-order valence-electron chi connectivity index (χ2n) is 4.10.